The number of aliphatic carboxylic acids is 1. The fourth-order valence-electron chi connectivity index (χ4n) is 5.17. The molecular formula is C28H28F6N4O4. The first-order chi connectivity index (χ1) is 19.5. The van der Waals surface area contributed by atoms with E-state index in [1.165, 1.54) is 49.9 Å². The molecular weight excluding hydrogens is 570 g/mol. The predicted molar refractivity (Wildman–Crippen MR) is 141 cm³/mol. The first-order valence-corrected chi connectivity index (χ1v) is 13.1. The lowest BCUT2D eigenvalue weighted by Crippen LogP contribution is -2.42. The smallest absolute Gasteiger partial charge is 0.416 e. The number of nitrogens with one attached hydrogen (secondary N) is 1. The number of hydrogen-bond acceptors (Lipinski definition) is 5. The number of rotatable bonds is 6. The number of carboxylic acid groups (broad SMARTS) is 1. The van der Waals surface area contributed by atoms with Crippen LogP contribution in [-0.4, -0.2) is 50.7 Å². The summed E-state index contributed by atoms with van der Waals surface area (Å²) in [5, 5.41) is 12.1. The molecule has 1 amide bonds. The highest BCUT2D eigenvalue weighted by Gasteiger charge is 2.42. The van der Waals surface area contributed by atoms with Crippen LogP contribution in [0, 0.1) is 12.8 Å². The minimum absolute atomic E-state index is 0.0381. The van der Waals surface area contributed by atoms with Gasteiger partial charge in [0.1, 0.15) is 11.9 Å². The maximum absolute atomic E-state index is 14.1. The number of piperidine rings is 1. The molecule has 0 aliphatic carbocycles. The predicted octanol–water partition coefficient (Wildman–Crippen LogP) is 5.96. The third kappa shape index (κ3) is 6.21. The average Bonchev–Trinajstić information content (AvgIpc) is 2.91. The number of halogens is 6. The molecule has 2 atom stereocenters. The van der Waals surface area contributed by atoms with Crippen LogP contribution >= 0.6 is 0 Å². The van der Waals surface area contributed by atoms with E-state index in [0.717, 1.165) is 16.7 Å². The summed E-state index contributed by atoms with van der Waals surface area (Å²) in [5.74, 6) is -3.25. The minimum atomic E-state index is -4.80. The zero-order chi connectivity index (χ0) is 31.1. The Morgan fingerprint density at radius 2 is 1.62 bits per heavy atom. The number of hydrogen-bond donors (Lipinski definition) is 2. The molecule has 2 heterocycles. The summed E-state index contributed by atoms with van der Waals surface area (Å²) in [6.45, 7) is 3.97. The molecule has 42 heavy (non-hydrogen) atoms. The highest BCUT2D eigenvalue weighted by Crippen LogP contribution is 2.38. The fourth-order valence-corrected chi connectivity index (χ4v) is 5.17. The van der Waals surface area contributed by atoms with Gasteiger partial charge >= 0.3 is 18.3 Å². The van der Waals surface area contributed by atoms with E-state index in [0.29, 0.717) is 5.69 Å². The fraction of sp³-hybridized carbons (Fsp3) is 0.429. The minimum Gasteiger partial charge on any atom is -0.480 e. The highest BCUT2D eigenvalue weighted by atomic mass is 19.4. The van der Waals surface area contributed by atoms with E-state index in [9.17, 15) is 45.8 Å². The standard InChI is InChI=1S/C28H28F6N4O4/c1-14(35-19-6-4-17(5-7-19)24(39)37-10-8-18(9-11-37)27(29,30)31)20-12-21-23(13-22(20)28(32,33)34)36-16(3)38(25(21)40)15(2)26(41)42/h4-7,12-15,18,35H,8-11H2,1-3H3,(H,41,42)/t14-,15-/m0/s1. The van der Waals surface area contributed by atoms with Crippen molar-refractivity contribution in [2.24, 2.45) is 5.92 Å². The number of fused-ring (bicyclic) bond motifs is 1. The summed E-state index contributed by atoms with van der Waals surface area (Å²) in [5.41, 5.74) is -1.76. The van der Waals surface area contributed by atoms with E-state index in [1.54, 1.807) is 0 Å². The lowest BCUT2D eigenvalue weighted by molar-refractivity contribution is -0.183. The molecule has 1 saturated heterocycles. The van der Waals surface area contributed by atoms with Crippen LogP contribution in [-0.2, 0) is 11.0 Å². The number of amides is 1. The number of likely N-dealkylation sites (tertiary alicyclic amines) is 1. The van der Waals surface area contributed by atoms with Crippen molar-refractivity contribution in [2.45, 2.75) is 58.0 Å². The number of carbonyl (C=O) groups excluding carboxylic acids is 1. The van der Waals surface area contributed by atoms with E-state index < -0.39 is 53.4 Å². The second-order valence-corrected chi connectivity index (χ2v) is 10.4. The molecule has 1 aromatic heterocycles. The van der Waals surface area contributed by atoms with Crippen LogP contribution in [0.2, 0.25) is 0 Å². The number of alkyl halides is 6. The Bertz CT molecular complexity index is 1560. The van der Waals surface area contributed by atoms with E-state index in [2.05, 4.69) is 10.3 Å². The average molecular weight is 599 g/mol. The van der Waals surface area contributed by atoms with Gasteiger partial charge in [-0.05, 0) is 75.6 Å². The molecule has 0 unspecified atom stereocenters. The third-order valence-electron chi connectivity index (χ3n) is 7.52. The molecule has 0 spiro atoms. The van der Waals surface area contributed by atoms with Gasteiger partial charge in [-0.2, -0.15) is 26.3 Å². The van der Waals surface area contributed by atoms with Crippen molar-refractivity contribution in [1.29, 1.82) is 0 Å². The summed E-state index contributed by atoms with van der Waals surface area (Å²) in [4.78, 5) is 42.8. The Morgan fingerprint density at radius 3 is 2.14 bits per heavy atom. The van der Waals surface area contributed by atoms with E-state index in [-0.39, 0.29) is 53.8 Å². The molecule has 2 N–H and O–H groups in total. The molecule has 0 bridgehead atoms. The SMILES string of the molecule is Cc1nc2cc(C(F)(F)F)c([C@H](C)Nc3ccc(C(=O)N4CCC(C(F)(F)F)CC4)cc3)cc2c(=O)n1[C@@H](C)C(=O)O. The molecule has 1 aliphatic rings. The number of carboxylic acids is 1. The largest absolute Gasteiger partial charge is 0.480 e. The molecule has 4 rings (SSSR count). The van der Waals surface area contributed by atoms with E-state index in [4.69, 9.17) is 0 Å². The van der Waals surface area contributed by atoms with Crippen LogP contribution in [0.1, 0.15) is 66.1 Å². The van der Waals surface area contributed by atoms with Crippen molar-refractivity contribution >= 4 is 28.5 Å². The van der Waals surface area contributed by atoms with Crippen LogP contribution in [0.4, 0.5) is 32.0 Å². The Balaban J connectivity index is 1.60. The van der Waals surface area contributed by atoms with Gasteiger partial charge < -0.3 is 15.3 Å². The maximum Gasteiger partial charge on any atom is 0.416 e. The summed E-state index contributed by atoms with van der Waals surface area (Å²) in [6.07, 6.45) is -9.48. The summed E-state index contributed by atoms with van der Waals surface area (Å²) < 4.78 is 81.9. The molecule has 1 aliphatic heterocycles. The molecule has 3 aromatic rings. The lowest BCUT2D eigenvalue weighted by atomic mass is 9.96. The van der Waals surface area contributed by atoms with E-state index >= 15 is 0 Å². The molecule has 8 nitrogen and oxygen atoms in total. The van der Waals surface area contributed by atoms with Crippen molar-refractivity contribution in [2.75, 3.05) is 18.4 Å². The lowest BCUT2D eigenvalue weighted by Gasteiger charge is -2.33. The Hall–Kier alpha value is -4.10. The number of aryl methyl sites for hydroxylation is 1. The van der Waals surface area contributed by atoms with Gasteiger partial charge in [-0.1, -0.05) is 0 Å². The van der Waals surface area contributed by atoms with Gasteiger partial charge in [-0.15, -0.1) is 0 Å². The first-order valence-electron chi connectivity index (χ1n) is 13.1. The number of anilines is 1. The van der Waals surface area contributed by atoms with Gasteiger partial charge in [0.25, 0.3) is 11.5 Å². The number of carbonyl (C=O) groups is 2. The van der Waals surface area contributed by atoms with Crippen molar-refractivity contribution < 1.29 is 41.0 Å². The summed E-state index contributed by atoms with van der Waals surface area (Å²) >= 11 is 0. The quantitative estimate of drug-likeness (QED) is 0.340. The van der Waals surface area contributed by atoms with Crippen molar-refractivity contribution in [3.63, 3.8) is 0 Å². The van der Waals surface area contributed by atoms with E-state index in [1.807, 2.05) is 0 Å². The normalized spacial score (nSPS) is 16.4. The van der Waals surface area contributed by atoms with Crippen LogP contribution < -0.4 is 10.9 Å². The topological polar surface area (TPSA) is 105 Å². The maximum atomic E-state index is 14.1. The molecule has 0 saturated carbocycles. The monoisotopic (exact) mass is 598 g/mol. The van der Waals surface area contributed by atoms with Gasteiger partial charge in [0.05, 0.1) is 22.4 Å². The van der Waals surface area contributed by atoms with Gasteiger partial charge in [-0.3, -0.25) is 14.2 Å². The zero-order valence-corrected chi connectivity index (χ0v) is 22.8. The van der Waals surface area contributed by atoms with Gasteiger partial charge in [0.2, 0.25) is 0 Å². The summed E-state index contributed by atoms with van der Waals surface area (Å²) in [7, 11) is 0. The molecule has 226 valence electrons. The van der Waals surface area contributed by atoms with Crippen LogP contribution in [0.5, 0.6) is 0 Å². The second-order valence-electron chi connectivity index (χ2n) is 10.4. The van der Waals surface area contributed by atoms with Crippen LogP contribution in [0.25, 0.3) is 10.9 Å². The molecule has 1 fully saturated rings. The summed E-state index contributed by atoms with van der Waals surface area (Å²) in [6, 6.07) is 5.30. The van der Waals surface area contributed by atoms with Gasteiger partial charge in [0.15, 0.2) is 0 Å². The Labute approximate surface area is 236 Å². The second kappa shape index (κ2) is 11.3. The number of aromatic nitrogens is 2. The number of nitrogens with zero attached hydrogens (tertiary/aromatic N) is 3. The highest BCUT2D eigenvalue weighted by molar-refractivity contribution is 5.94. The molecule has 14 heteroatoms. The Morgan fingerprint density at radius 1 is 1.02 bits per heavy atom. The Kier molecular flexibility index (Phi) is 8.29. The zero-order valence-electron chi connectivity index (χ0n) is 22.8. The molecule has 0 radical (unpaired) electrons. The first kappa shape index (κ1) is 30.8. The van der Waals surface area contributed by atoms with Gasteiger partial charge in [-0.25, -0.2) is 9.78 Å². The van der Waals surface area contributed by atoms with Crippen LogP contribution in [0.15, 0.2) is 41.2 Å². The van der Waals surface area contributed by atoms with Crippen molar-refractivity contribution in [3.8, 4) is 0 Å². The number of benzene rings is 2. The van der Waals surface area contributed by atoms with Crippen molar-refractivity contribution in [3.05, 3.63) is 69.3 Å². The van der Waals surface area contributed by atoms with Gasteiger partial charge in [0, 0.05) is 30.4 Å². The molecule has 2 aromatic carbocycles. The van der Waals surface area contributed by atoms with Crippen molar-refractivity contribution in [1.82, 2.24) is 14.5 Å². The van der Waals surface area contributed by atoms with Crippen LogP contribution in [0.3, 0.4) is 0 Å². The third-order valence-corrected chi connectivity index (χ3v) is 7.52.